The summed E-state index contributed by atoms with van der Waals surface area (Å²) < 4.78 is 16.7. The number of carbonyl (C=O) groups excluding carboxylic acids is 5. The first-order valence-corrected chi connectivity index (χ1v) is 26.3. The minimum Gasteiger partial charge on any atom is -0.492 e. The van der Waals surface area contributed by atoms with Gasteiger partial charge in [-0.3, -0.25) is 24.0 Å². The lowest BCUT2D eigenvalue weighted by Gasteiger charge is -2.70. The van der Waals surface area contributed by atoms with Gasteiger partial charge in [-0.2, -0.15) is 0 Å². The number of nitrogens with one attached hydrogen (secondary N) is 4. The minimum atomic E-state index is -0.400. The van der Waals surface area contributed by atoms with Crippen LogP contribution in [0, 0.1) is 11.8 Å². The number of hydrogen-bond donors (Lipinski definition) is 8. The molecular weight excluding hydrogens is 895 g/mol. The van der Waals surface area contributed by atoms with Crippen LogP contribution in [0.1, 0.15) is 190 Å². The molecule has 0 saturated heterocycles. The predicted octanol–water partition coefficient (Wildman–Crippen LogP) is 3.93. The molecule has 10 N–H and O–H groups in total. The Morgan fingerprint density at radius 1 is 0.514 bits per heavy atom. The Morgan fingerprint density at radius 2 is 0.829 bits per heavy atom. The van der Waals surface area contributed by atoms with Gasteiger partial charge in [0.05, 0.1) is 39.2 Å². The van der Waals surface area contributed by atoms with Crippen molar-refractivity contribution in [3.63, 3.8) is 0 Å². The number of rotatable bonds is 11. The molecule has 0 unspecified atom stereocenters. The Labute approximate surface area is 415 Å². The molecule has 17 heteroatoms. The SMILES string of the molecule is C=C(C)OC12CC(NC(C)=O)(C1)C2.CC(=O)N(C)C12CC(O)(C1)C2.CC(=O)NC12CC(C1)C2.CC(=O)NC12CC(O)(C1)C2.CCOC12CC(N)(C1)C2.CCOC12CC(NC(C)=O)(C1)C2.NC12CC(C1)C2. The molecule has 70 heavy (non-hydrogen) atoms. The van der Waals surface area contributed by atoms with Crippen LogP contribution in [0.4, 0.5) is 0 Å². The van der Waals surface area contributed by atoms with Crippen molar-refractivity contribution in [2.45, 2.75) is 257 Å². The molecule has 0 atom stereocenters. The van der Waals surface area contributed by atoms with E-state index in [9.17, 15) is 34.2 Å². The fourth-order valence-electron chi connectivity index (χ4n) is 15.7. The summed E-state index contributed by atoms with van der Waals surface area (Å²) in [6.07, 6.45) is 21.6. The maximum atomic E-state index is 11.0. The number of amides is 5. The van der Waals surface area contributed by atoms with Gasteiger partial charge in [-0.05, 0) is 148 Å². The Morgan fingerprint density at radius 3 is 1.06 bits per heavy atom. The van der Waals surface area contributed by atoms with Crippen LogP contribution in [-0.2, 0) is 38.2 Å². The van der Waals surface area contributed by atoms with Gasteiger partial charge < -0.3 is 62.1 Å². The molecule has 0 heterocycles. The molecule has 21 fully saturated rings. The van der Waals surface area contributed by atoms with Gasteiger partial charge in [0.1, 0.15) is 5.60 Å². The van der Waals surface area contributed by atoms with E-state index in [2.05, 4.69) is 27.8 Å². The van der Waals surface area contributed by atoms with Crippen molar-refractivity contribution in [3.8, 4) is 0 Å². The van der Waals surface area contributed by atoms with Gasteiger partial charge in [0.25, 0.3) is 0 Å². The molecular formula is C53H87N7O10. The van der Waals surface area contributed by atoms with Crippen LogP contribution in [0.5, 0.6) is 0 Å². The minimum absolute atomic E-state index is 0.000579. The first-order valence-electron chi connectivity index (χ1n) is 26.3. The fourth-order valence-corrected chi connectivity index (χ4v) is 15.7. The molecule has 0 aromatic rings. The molecule has 21 saturated carbocycles. The van der Waals surface area contributed by atoms with Gasteiger partial charge in [0.2, 0.25) is 29.5 Å². The first kappa shape index (κ1) is 53.0. The van der Waals surface area contributed by atoms with Crippen molar-refractivity contribution < 1.29 is 48.4 Å². The Balaban J connectivity index is 0.000000111. The number of ether oxygens (including phenoxy) is 3. The van der Waals surface area contributed by atoms with Gasteiger partial charge in [-0.25, -0.2) is 0 Å². The van der Waals surface area contributed by atoms with Crippen LogP contribution in [0.15, 0.2) is 12.3 Å². The number of hydrogen-bond acceptors (Lipinski definition) is 12. The number of aliphatic hydroxyl groups is 2. The zero-order chi connectivity index (χ0) is 51.4. The summed E-state index contributed by atoms with van der Waals surface area (Å²) in [5.41, 5.74) is 12.2. The lowest BCUT2D eigenvalue weighted by molar-refractivity contribution is -0.257. The third-order valence-corrected chi connectivity index (χ3v) is 18.3. The summed E-state index contributed by atoms with van der Waals surface area (Å²) >= 11 is 0. The maximum absolute atomic E-state index is 11.0. The van der Waals surface area contributed by atoms with Gasteiger partial charge in [-0.1, -0.05) is 6.58 Å². The molecule has 17 nitrogen and oxygen atoms in total. The van der Waals surface area contributed by atoms with E-state index in [0.29, 0.717) is 5.54 Å². The molecule has 0 aliphatic heterocycles. The van der Waals surface area contributed by atoms with E-state index in [1.165, 1.54) is 45.4 Å². The second kappa shape index (κ2) is 17.4. The van der Waals surface area contributed by atoms with Crippen molar-refractivity contribution in [3.05, 3.63) is 12.3 Å². The second-order valence-corrected chi connectivity index (χ2v) is 26.1. The van der Waals surface area contributed by atoms with E-state index >= 15 is 0 Å². The lowest BCUT2D eigenvalue weighted by Crippen LogP contribution is -2.79. The summed E-state index contributed by atoms with van der Waals surface area (Å²) in [6.45, 7) is 19.1. The molecule has 0 aromatic carbocycles. The van der Waals surface area contributed by atoms with Gasteiger partial charge in [-0.15, -0.1) is 0 Å². The second-order valence-electron chi connectivity index (χ2n) is 26.1. The number of allylic oxidation sites excluding steroid dienone is 1. The monoisotopic (exact) mass is 982 g/mol. The summed E-state index contributed by atoms with van der Waals surface area (Å²) in [5, 5.41) is 30.5. The number of nitrogens with zero attached hydrogens (tertiary/aromatic N) is 1. The van der Waals surface area contributed by atoms with Crippen LogP contribution in [0.3, 0.4) is 0 Å². The van der Waals surface area contributed by atoms with Crippen molar-refractivity contribution in [1.29, 1.82) is 0 Å². The van der Waals surface area contributed by atoms with Gasteiger partial charge in [0.15, 0.2) is 0 Å². The highest BCUT2D eigenvalue weighted by Gasteiger charge is 2.72. The molecule has 21 aliphatic carbocycles. The van der Waals surface area contributed by atoms with Gasteiger partial charge in [0, 0.05) is 102 Å². The third-order valence-electron chi connectivity index (χ3n) is 18.3. The van der Waals surface area contributed by atoms with E-state index in [4.69, 9.17) is 25.7 Å². The van der Waals surface area contributed by atoms with E-state index in [1.807, 2.05) is 27.8 Å². The van der Waals surface area contributed by atoms with Crippen molar-refractivity contribution in [2.75, 3.05) is 20.3 Å². The van der Waals surface area contributed by atoms with Crippen LogP contribution in [0.25, 0.3) is 0 Å². The average molecular weight is 982 g/mol. The Bertz CT molecular complexity index is 1980. The summed E-state index contributed by atoms with van der Waals surface area (Å²) in [6, 6.07) is 0. The third kappa shape index (κ3) is 10.3. The topological polar surface area (TPSA) is 257 Å². The van der Waals surface area contributed by atoms with Crippen molar-refractivity contribution in [2.24, 2.45) is 23.3 Å². The predicted molar refractivity (Wildman–Crippen MR) is 262 cm³/mol. The molecule has 21 aliphatic rings. The fraction of sp³-hybridized carbons (Fsp3) is 0.868. The summed E-state index contributed by atoms with van der Waals surface area (Å²) in [4.78, 5) is 55.5. The zero-order valence-corrected chi connectivity index (χ0v) is 43.9. The number of carbonyl (C=O) groups is 5. The quantitative estimate of drug-likeness (QED) is 0.137. The van der Waals surface area contributed by atoms with E-state index < -0.39 is 11.2 Å². The van der Waals surface area contributed by atoms with E-state index in [0.717, 1.165) is 127 Å². The molecule has 0 aromatic heterocycles. The highest BCUT2D eigenvalue weighted by atomic mass is 16.5. The van der Waals surface area contributed by atoms with Crippen LogP contribution in [0.2, 0.25) is 0 Å². The zero-order valence-electron chi connectivity index (χ0n) is 43.9. The van der Waals surface area contributed by atoms with E-state index in [1.54, 1.807) is 32.6 Å². The van der Waals surface area contributed by atoms with Crippen LogP contribution >= 0.6 is 0 Å². The standard InChI is InChI=1S/C10H15NO2.C9H15NO2.C8H13NO2.C7H11NO2.C7H11NO.C7H13NO.C5H9N/c1-7(2)13-10-4-9(5-10,6-10)11-8(3)12;1-3-12-9-4-8(5-9,6-9)10-7(2)11;1-6(10)9(2)7-3-8(11,4-7)5-7;1-5(9)8-6-2-7(10,3-6)4-6;1-5(9)8-7-2-6(3-7)4-7;1-2-9-7-3-6(8,4-7)5-7;6-5-1-4(2-5)3-5/h1,4-6H2,2-3H3,(H,11,12);3-6H2,1-2H3,(H,10,11);11H,3-5H2,1-2H3;10H,2-4H2,1H3,(H,8,9);6H,2-4H2,1H3,(H,8,9);2-5,8H2,1H3;4H,1-3,6H2. The molecule has 0 radical (unpaired) electrons. The smallest absolute Gasteiger partial charge is 0.219 e. The first-order chi connectivity index (χ1) is 32.2. The van der Waals surface area contributed by atoms with Gasteiger partial charge >= 0.3 is 0 Å². The molecule has 14 bridgehead atoms. The Kier molecular flexibility index (Phi) is 13.1. The lowest BCUT2D eigenvalue weighted by atomic mass is 9.45. The number of nitrogens with two attached hydrogens (primary N) is 2. The van der Waals surface area contributed by atoms with E-state index in [-0.39, 0.29) is 79.6 Å². The van der Waals surface area contributed by atoms with Crippen molar-refractivity contribution in [1.82, 2.24) is 26.2 Å². The van der Waals surface area contributed by atoms with Crippen molar-refractivity contribution >= 4 is 29.5 Å². The molecule has 0 spiro atoms. The molecule has 394 valence electrons. The highest BCUT2D eigenvalue weighted by molar-refractivity contribution is 5.76. The molecule has 21 rings (SSSR count). The average Bonchev–Trinajstić information content (AvgIpc) is 3.05. The molecule has 5 amide bonds. The van der Waals surface area contributed by atoms with Crippen LogP contribution < -0.4 is 32.7 Å². The largest absolute Gasteiger partial charge is 0.492 e. The summed E-state index contributed by atoms with van der Waals surface area (Å²) in [7, 11) is 1.82. The van der Waals surface area contributed by atoms with Crippen LogP contribution in [-0.4, -0.2) is 132 Å². The Hall–Kier alpha value is -3.35. The maximum Gasteiger partial charge on any atom is 0.219 e. The summed E-state index contributed by atoms with van der Waals surface area (Å²) in [5.74, 6) is 3.17. The highest BCUT2D eigenvalue weighted by Crippen LogP contribution is 2.65. The normalized spacial score (nSPS) is 47.0.